The molecule has 0 amide bonds. The third-order valence-corrected chi connectivity index (χ3v) is 3.79. The Bertz CT molecular complexity index is 390. The standard InChI is InChI=1S/C8H13N3O2S/c1-6(14(2,12)13)8(9)7-3-10-5-11-4-7/h3-6,8H,9H2,1-2H3. The molecule has 0 aliphatic rings. The van der Waals surface area contributed by atoms with Gasteiger partial charge in [-0.1, -0.05) is 0 Å². The Balaban J connectivity index is 2.92. The van der Waals surface area contributed by atoms with Gasteiger partial charge in [-0.3, -0.25) is 0 Å². The highest BCUT2D eigenvalue weighted by molar-refractivity contribution is 7.91. The fraction of sp³-hybridized carbons (Fsp3) is 0.500. The van der Waals surface area contributed by atoms with E-state index in [4.69, 9.17) is 5.73 Å². The molecule has 1 heterocycles. The predicted molar refractivity (Wildman–Crippen MR) is 53.3 cm³/mol. The van der Waals surface area contributed by atoms with E-state index in [0.29, 0.717) is 5.56 Å². The lowest BCUT2D eigenvalue weighted by Gasteiger charge is -2.17. The number of hydrogen-bond donors (Lipinski definition) is 1. The second-order valence-electron chi connectivity index (χ2n) is 3.23. The van der Waals surface area contributed by atoms with Crippen LogP contribution in [0.2, 0.25) is 0 Å². The fourth-order valence-corrected chi connectivity index (χ4v) is 1.71. The molecule has 6 heteroatoms. The molecule has 0 aromatic carbocycles. The average molecular weight is 215 g/mol. The van der Waals surface area contributed by atoms with E-state index in [1.165, 1.54) is 25.0 Å². The molecule has 1 aromatic rings. The Morgan fingerprint density at radius 1 is 1.36 bits per heavy atom. The summed E-state index contributed by atoms with van der Waals surface area (Å²) in [6.45, 7) is 1.58. The lowest BCUT2D eigenvalue weighted by Crippen LogP contribution is -2.30. The fourth-order valence-electron chi connectivity index (χ4n) is 1.02. The summed E-state index contributed by atoms with van der Waals surface area (Å²) in [5.41, 5.74) is 6.40. The number of rotatable bonds is 3. The molecule has 0 fully saturated rings. The van der Waals surface area contributed by atoms with E-state index >= 15 is 0 Å². The molecule has 2 unspecified atom stereocenters. The highest BCUT2D eigenvalue weighted by Gasteiger charge is 2.24. The van der Waals surface area contributed by atoms with E-state index in [2.05, 4.69) is 9.97 Å². The second kappa shape index (κ2) is 4.02. The van der Waals surface area contributed by atoms with Gasteiger partial charge < -0.3 is 5.73 Å². The molecule has 0 aliphatic heterocycles. The molecule has 0 saturated carbocycles. The molecule has 0 spiro atoms. The van der Waals surface area contributed by atoms with Crippen LogP contribution in [0.3, 0.4) is 0 Å². The first-order valence-corrected chi connectivity index (χ1v) is 6.07. The van der Waals surface area contributed by atoms with Gasteiger partial charge in [0.05, 0.1) is 5.25 Å². The maximum absolute atomic E-state index is 11.2. The Morgan fingerprint density at radius 3 is 2.29 bits per heavy atom. The second-order valence-corrected chi connectivity index (χ2v) is 5.63. The van der Waals surface area contributed by atoms with Crippen LogP contribution in [0.15, 0.2) is 18.7 Å². The summed E-state index contributed by atoms with van der Waals surface area (Å²) in [5, 5.41) is -0.631. The molecule has 0 saturated heterocycles. The molecule has 0 bridgehead atoms. The van der Waals surface area contributed by atoms with Crippen LogP contribution in [0.5, 0.6) is 0 Å². The molecule has 2 atom stereocenters. The van der Waals surface area contributed by atoms with Gasteiger partial charge >= 0.3 is 0 Å². The Hall–Kier alpha value is -1.01. The summed E-state index contributed by atoms with van der Waals surface area (Å²) in [6.07, 6.45) is 5.60. The van der Waals surface area contributed by atoms with E-state index < -0.39 is 21.1 Å². The van der Waals surface area contributed by atoms with Crippen LogP contribution in [0.1, 0.15) is 18.5 Å². The Labute approximate surface area is 83.3 Å². The summed E-state index contributed by atoms with van der Waals surface area (Å²) in [7, 11) is -3.13. The van der Waals surface area contributed by atoms with Crippen molar-refractivity contribution >= 4 is 9.84 Å². The molecule has 2 N–H and O–H groups in total. The molecule has 1 rings (SSSR count). The molecular formula is C8H13N3O2S. The number of sulfone groups is 1. The quantitative estimate of drug-likeness (QED) is 0.761. The topological polar surface area (TPSA) is 85.9 Å². The minimum absolute atomic E-state index is 0.578. The minimum atomic E-state index is -3.13. The summed E-state index contributed by atoms with van der Waals surface area (Å²) in [6, 6.07) is -0.578. The van der Waals surface area contributed by atoms with Crippen molar-refractivity contribution < 1.29 is 8.42 Å². The number of aromatic nitrogens is 2. The lowest BCUT2D eigenvalue weighted by atomic mass is 10.1. The van der Waals surface area contributed by atoms with Crippen LogP contribution >= 0.6 is 0 Å². The largest absolute Gasteiger partial charge is 0.323 e. The zero-order chi connectivity index (χ0) is 10.8. The van der Waals surface area contributed by atoms with Crippen molar-refractivity contribution in [3.63, 3.8) is 0 Å². The number of nitrogens with two attached hydrogens (primary N) is 1. The van der Waals surface area contributed by atoms with Crippen molar-refractivity contribution in [2.45, 2.75) is 18.2 Å². The lowest BCUT2D eigenvalue weighted by molar-refractivity contribution is 0.570. The monoisotopic (exact) mass is 215 g/mol. The summed E-state index contributed by atoms with van der Waals surface area (Å²) in [4.78, 5) is 7.57. The van der Waals surface area contributed by atoms with Crippen molar-refractivity contribution in [3.8, 4) is 0 Å². The van der Waals surface area contributed by atoms with Crippen molar-refractivity contribution in [2.75, 3.05) is 6.26 Å². The van der Waals surface area contributed by atoms with Gasteiger partial charge in [0.15, 0.2) is 9.84 Å². The average Bonchev–Trinajstić information content (AvgIpc) is 2.15. The highest BCUT2D eigenvalue weighted by atomic mass is 32.2. The molecule has 5 nitrogen and oxygen atoms in total. The van der Waals surface area contributed by atoms with Gasteiger partial charge in [-0.2, -0.15) is 0 Å². The Kier molecular flexibility index (Phi) is 3.17. The van der Waals surface area contributed by atoms with Crippen LogP contribution in [-0.2, 0) is 9.84 Å². The zero-order valence-electron chi connectivity index (χ0n) is 8.08. The van der Waals surface area contributed by atoms with Crippen LogP contribution in [-0.4, -0.2) is 29.9 Å². The molecule has 1 aromatic heterocycles. The molecule has 0 aliphatic carbocycles. The summed E-state index contributed by atoms with van der Waals surface area (Å²) >= 11 is 0. The first-order chi connectivity index (χ1) is 6.43. The van der Waals surface area contributed by atoms with Crippen molar-refractivity contribution in [1.82, 2.24) is 9.97 Å². The molecule has 78 valence electrons. The zero-order valence-corrected chi connectivity index (χ0v) is 8.90. The van der Waals surface area contributed by atoms with E-state index in [1.54, 1.807) is 6.92 Å². The minimum Gasteiger partial charge on any atom is -0.323 e. The van der Waals surface area contributed by atoms with Gasteiger partial charge in [-0.05, 0) is 6.92 Å². The first-order valence-electron chi connectivity index (χ1n) is 4.12. The van der Waals surface area contributed by atoms with Crippen LogP contribution in [0.4, 0.5) is 0 Å². The number of hydrogen-bond acceptors (Lipinski definition) is 5. The first kappa shape index (κ1) is 11.1. The van der Waals surface area contributed by atoms with Crippen LogP contribution < -0.4 is 5.73 Å². The van der Waals surface area contributed by atoms with E-state index in [9.17, 15) is 8.42 Å². The number of nitrogens with zero attached hydrogens (tertiary/aromatic N) is 2. The van der Waals surface area contributed by atoms with Crippen molar-refractivity contribution in [2.24, 2.45) is 5.73 Å². The molecule has 14 heavy (non-hydrogen) atoms. The smallest absolute Gasteiger partial charge is 0.151 e. The van der Waals surface area contributed by atoms with E-state index in [1.807, 2.05) is 0 Å². The maximum atomic E-state index is 11.2. The van der Waals surface area contributed by atoms with Crippen molar-refractivity contribution in [3.05, 3.63) is 24.3 Å². The van der Waals surface area contributed by atoms with Gasteiger partial charge in [0.1, 0.15) is 6.33 Å². The third kappa shape index (κ3) is 2.49. The normalized spacial score (nSPS) is 16.2. The SMILES string of the molecule is CC(C(N)c1cncnc1)S(C)(=O)=O. The summed E-state index contributed by atoms with van der Waals surface area (Å²) in [5.74, 6) is 0. The van der Waals surface area contributed by atoms with E-state index in [-0.39, 0.29) is 0 Å². The van der Waals surface area contributed by atoms with Gasteiger partial charge in [0.25, 0.3) is 0 Å². The van der Waals surface area contributed by atoms with Crippen LogP contribution in [0.25, 0.3) is 0 Å². The maximum Gasteiger partial charge on any atom is 0.151 e. The molecule has 0 radical (unpaired) electrons. The third-order valence-electron chi connectivity index (χ3n) is 2.15. The molecular weight excluding hydrogens is 202 g/mol. The van der Waals surface area contributed by atoms with Gasteiger partial charge in [-0.15, -0.1) is 0 Å². The van der Waals surface area contributed by atoms with Crippen molar-refractivity contribution in [1.29, 1.82) is 0 Å². The van der Waals surface area contributed by atoms with Gasteiger partial charge in [0, 0.05) is 30.3 Å². The Morgan fingerprint density at radius 2 is 1.86 bits per heavy atom. The van der Waals surface area contributed by atoms with Crippen LogP contribution in [0, 0.1) is 0 Å². The summed E-state index contributed by atoms with van der Waals surface area (Å²) < 4.78 is 22.5. The van der Waals surface area contributed by atoms with Gasteiger partial charge in [0.2, 0.25) is 0 Å². The highest BCUT2D eigenvalue weighted by Crippen LogP contribution is 2.16. The van der Waals surface area contributed by atoms with Gasteiger partial charge in [-0.25, -0.2) is 18.4 Å². The van der Waals surface area contributed by atoms with E-state index in [0.717, 1.165) is 0 Å². The predicted octanol–water partition coefficient (Wildman–Crippen LogP) is -0.0905.